The van der Waals surface area contributed by atoms with Crippen molar-refractivity contribution in [2.24, 2.45) is 14.1 Å². The molecule has 4 aromatic rings. The number of rotatable bonds is 5. The maximum Gasteiger partial charge on any atom is 0.332 e. The Hall–Kier alpha value is -3.24. The van der Waals surface area contributed by atoms with Crippen molar-refractivity contribution in [1.82, 2.24) is 23.7 Å². The first-order chi connectivity index (χ1) is 14.3. The average Bonchev–Trinajstić information content (AvgIpc) is 3.30. The average molecular weight is 445 g/mol. The van der Waals surface area contributed by atoms with Gasteiger partial charge in [0.25, 0.3) is 5.56 Å². The normalized spacial score (nSPS) is 11.2. The van der Waals surface area contributed by atoms with Crippen molar-refractivity contribution in [3.05, 3.63) is 72.5 Å². The number of imidazole rings is 1. The summed E-state index contributed by atoms with van der Waals surface area (Å²) in [4.78, 5) is 45.6. The third-order valence-electron chi connectivity index (χ3n) is 4.59. The van der Waals surface area contributed by atoms with E-state index in [0.29, 0.717) is 10.7 Å². The fraction of sp³-hybridized carbons (Fsp3) is 0.211. The molecule has 3 aromatic heterocycles. The first-order valence-corrected chi connectivity index (χ1v) is 10.2. The molecular weight excluding hydrogens is 428 g/mol. The van der Waals surface area contributed by atoms with Gasteiger partial charge < -0.3 is 9.88 Å². The fourth-order valence-electron chi connectivity index (χ4n) is 3.09. The van der Waals surface area contributed by atoms with E-state index in [1.54, 1.807) is 5.38 Å². The molecule has 0 aliphatic carbocycles. The topological polar surface area (TPSA) is 104 Å². The van der Waals surface area contributed by atoms with Crippen LogP contribution in [0.4, 0.5) is 5.69 Å². The van der Waals surface area contributed by atoms with Crippen LogP contribution in [0.25, 0.3) is 11.2 Å². The minimum Gasteiger partial charge on any atom is -0.326 e. The van der Waals surface area contributed by atoms with Crippen LogP contribution in [0.3, 0.4) is 0 Å². The molecular formula is C19H17ClN6O3S. The summed E-state index contributed by atoms with van der Waals surface area (Å²) in [5.41, 5.74) is 0.836. The Morgan fingerprint density at radius 2 is 1.87 bits per heavy atom. The van der Waals surface area contributed by atoms with Gasteiger partial charge in [0.05, 0.1) is 18.7 Å². The molecule has 3 heterocycles. The molecule has 0 fully saturated rings. The van der Waals surface area contributed by atoms with Crippen LogP contribution >= 0.6 is 22.9 Å². The van der Waals surface area contributed by atoms with Crippen molar-refractivity contribution >= 4 is 45.7 Å². The zero-order chi connectivity index (χ0) is 21.4. The van der Waals surface area contributed by atoms with Crippen molar-refractivity contribution in [2.75, 3.05) is 5.32 Å². The number of nitrogens with zero attached hydrogens (tertiary/aromatic N) is 5. The molecule has 0 aliphatic rings. The van der Waals surface area contributed by atoms with Crippen LogP contribution in [0, 0.1) is 0 Å². The number of anilines is 1. The number of nitrogens with one attached hydrogen (secondary N) is 1. The molecule has 0 saturated carbocycles. The summed E-state index contributed by atoms with van der Waals surface area (Å²) in [6.07, 6.45) is 0.133. The third kappa shape index (κ3) is 3.66. The number of amides is 1. The molecule has 154 valence electrons. The van der Waals surface area contributed by atoms with Gasteiger partial charge in [-0.1, -0.05) is 18.2 Å². The monoisotopic (exact) mass is 444 g/mol. The maximum atomic E-state index is 12.6. The predicted octanol–water partition coefficient (Wildman–Crippen LogP) is 1.77. The second kappa shape index (κ2) is 7.88. The standard InChI is InChI=1S/C19H17ClN6O3S/c1-24-16-15(17(28)25(2)19(24)29)26(18(20)23-16)9-12-10-30-14(22-12)8-13(27)21-11-6-4-3-5-7-11/h3-7,10H,8-9H2,1-2H3,(H,21,27). The fourth-order valence-corrected chi connectivity index (χ4v) is 4.10. The van der Waals surface area contributed by atoms with Gasteiger partial charge in [-0.05, 0) is 23.7 Å². The van der Waals surface area contributed by atoms with E-state index in [1.165, 1.54) is 34.6 Å². The van der Waals surface area contributed by atoms with Crippen molar-refractivity contribution in [3.8, 4) is 0 Å². The lowest BCUT2D eigenvalue weighted by atomic mass is 10.3. The number of para-hydroxylation sites is 1. The van der Waals surface area contributed by atoms with Gasteiger partial charge in [0.2, 0.25) is 11.2 Å². The van der Waals surface area contributed by atoms with Crippen molar-refractivity contribution < 1.29 is 4.79 Å². The number of aryl methyl sites for hydroxylation is 1. The Bertz CT molecular complexity index is 1370. The molecule has 0 radical (unpaired) electrons. The van der Waals surface area contributed by atoms with Gasteiger partial charge >= 0.3 is 5.69 Å². The highest BCUT2D eigenvalue weighted by atomic mass is 35.5. The summed E-state index contributed by atoms with van der Waals surface area (Å²) in [5.74, 6) is -0.169. The van der Waals surface area contributed by atoms with Crippen LogP contribution in [0.15, 0.2) is 45.3 Å². The Kier molecular flexibility index (Phi) is 5.27. The van der Waals surface area contributed by atoms with Gasteiger partial charge in [-0.15, -0.1) is 11.3 Å². The van der Waals surface area contributed by atoms with E-state index < -0.39 is 11.2 Å². The van der Waals surface area contributed by atoms with E-state index in [-0.39, 0.29) is 35.3 Å². The molecule has 0 saturated heterocycles. The van der Waals surface area contributed by atoms with Gasteiger partial charge in [0.15, 0.2) is 11.2 Å². The first kappa shape index (κ1) is 20.0. The molecule has 11 heteroatoms. The highest BCUT2D eigenvalue weighted by Crippen LogP contribution is 2.19. The molecule has 0 spiro atoms. The number of hydrogen-bond donors (Lipinski definition) is 1. The quantitative estimate of drug-likeness (QED) is 0.472. The van der Waals surface area contributed by atoms with Gasteiger partial charge in [-0.3, -0.25) is 18.7 Å². The Morgan fingerprint density at radius 3 is 2.60 bits per heavy atom. The second-order valence-electron chi connectivity index (χ2n) is 6.67. The lowest BCUT2D eigenvalue weighted by Gasteiger charge is -2.06. The summed E-state index contributed by atoms with van der Waals surface area (Å²) in [7, 11) is 2.94. The number of fused-ring (bicyclic) bond motifs is 1. The van der Waals surface area contributed by atoms with E-state index in [9.17, 15) is 14.4 Å². The SMILES string of the molecule is Cn1c(=O)c2c(nc(Cl)n2Cc2csc(CC(=O)Nc3ccccc3)n2)n(C)c1=O. The number of halogens is 1. The van der Waals surface area contributed by atoms with Crippen LogP contribution in [0.5, 0.6) is 0 Å². The number of aromatic nitrogens is 5. The van der Waals surface area contributed by atoms with Gasteiger partial charge in [0.1, 0.15) is 5.01 Å². The number of hydrogen-bond acceptors (Lipinski definition) is 6. The summed E-state index contributed by atoms with van der Waals surface area (Å²) >= 11 is 7.59. The Morgan fingerprint density at radius 1 is 1.13 bits per heavy atom. The molecule has 0 unspecified atom stereocenters. The number of thiazole rings is 1. The van der Waals surface area contributed by atoms with E-state index in [1.807, 2.05) is 30.3 Å². The Labute approximate surface area is 179 Å². The summed E-state index contributed by atoms with van der Waals surface area (Å²) < 4.78 is 3.80. The maximum absolute atomic E-state index is 12.6. The largest absolute Gasteiger partial charge is 0.332 e. The molecule has 1 aromatic carbocycles. The molecule has 1 amide bonds. The van der Waals surface area contributed by atoms with Gasteiger partial charge in [-0.25, -0.2) is 9.78 Å². The van der Waals surface area contributed by atoms with Crippen LogP contribution < -0.4 is 16.6 Å². The summed E-state index contributed by atoms with van der Waals surface area (Å²) in [6, 6.07) is 9.18. The number of carbonyl (C=O) groups is 1. The third-order valence-corrected chi connectivity index (χ3v) is 5.78. The lowest BCUT2D eigenvalue weighted by molar-refractivity contribution is -0.115. The van der Waals surface area contributed by atoms with Crippen molar-refractivity contribution in [3.63, 3.8) is 0 Å². The van der Waals surface area contributed by atoms with Gasteiger partial charge in [0, 0.05) is 25.2 Å². The van der Waals surface area contributed by atoms with Crippen molar-refractivity contribution in [1.29, 1.82) is 0 Å². The van der Waals surface area contributed by atoms with E-state index in [0.717, 1.165) is 10.3 Å². The molecule has 0 aliphatic heterocycles. The van der Waals surface area contributed by atoms with Crippen LogP contribution in [0.1, 0.15) is 10.7 Å². The minimum atomic E-state index is -0.481. The summed E-state index contributed by atoms with van der Waals surface area (Å²) in [5, 5.41) is 5.35. The van der Waals surface area contributed by atoms with Crippen LogP contribution in [-0.4, -0.2) is 29.6 Å². The van der Waals surface area contributed by atoms with Crippen molar-refractivity contribution in [2.45, 2.75) is 13.0 Å². The highest BCUT2D eigenvalue weighted by molar-refractivity contribution is 7.09. The molecule has 4 rings (SSSR count). The smallest absolute Gasteiger partial charge is 0.326 e. The Balaban J connectivity index is 1.58. The molecule has 0 bridgehead atoms. The molecule has 1 N–H and O–H groups in total. The van der Waals surface area contributed by atoms with E-state index in [2.05, 4.69) is 15.3 Å². The summed E-state index contributed by atoms with van der Waals surface area (Å²) in [6.45, 7) is 0.194. The number of benzene rings is 1. The molecule has 9 nitrogen and oxygen atoms in total. The predicted molar refractivity (Wildman–Crippen MR) is 115 cm³/mol. The number of carbonyl (C=O) groups excluding carboxylic acids is 1. The van der Waals surface area contributed by atoms with Crippen LogP contribution in [-0.2, 0) is 31.9 Å². The van der Waals surface area contributed by atoms with Gasteiger partial charge in [-0.2, -0.15) is 4.98 Å². The highest BCUT2D eigenvalue weighted by Gasteiger charge is 2.19. The van der Waals surface area contributed by atoms with Crippen LogP contribution in [0.2, 0.25) is 5.28 Å². The lowest BCUT2D eigenvalue weighted by Crippen LogP contribution is -2.37. The van der Waals surface area contributed by atoms with E-state index in [4.69, 9.17) is 11.6 Å². The second-order valence-corrected chi connectivity index (χ2v) is 7.95. The molecule has 0 atom stereocenters. The molecule has 30 heavy (non-hydrogen) atoms. The zero-order valence-corrected chi connectivity index (χ0v) is 17.7. The minimum absolute atomic E-state index is 0.0830. The first-order valence-electron chi connectivity index (χ1n) is 8.95. The zero-order valence-electron chi connectivity index (χ0n) is 16.1. The van der Waals surface area contributed by atoms with E-state index >= 15 is 0 Å².